The minimum Gasteiger partial charge on any atom is -0.337 e. The molecule has 10 heteroatoms. The highest BCUT2D eigenvalue weighted by molar-refractivity contribution is 7.92. The molecule has 0 bridgehead atoms. The SMILES string of the molecule is N#Cc1ccc(CN2CCC(CC(=O)c3ccc(C(=O)N4CCC(S(=O)(=O)c5ccc(F)cc5)CC4)nc3)CC2)cc1. The lowest BCUT2D eigenvalue weighted by Crippen LogP contribution is -2.42. The number of hydrogen-bond acceptors (Lipinski definition) is 7. The second kappa shape index (κ2) is 12.9. The monoisotopic (exact) mass is 588 g/mol. The number of carbonyl (C=O) groups is 2. The van der Waals surface area contributed by atoms with Gasteiger partial charge in [-0.3, -0.25) is 19.5 Å². The number of ketones is 1. The van der Waals surface area contributed by atoms with Crippen LogP contribution in [0.25, 0.3) is 0 Å². The summed E-state index contributed by atoms with van der Waals surface area (Å²) in [6, 6.07) is 17.8. The molecule has 8 nitrogen and oxygen atoms in total. The molecule has 218 valence electrons. The minimum absolute atomic E-state index is 0.0128. The predicted octanol–water partition coefficient (Wildman–Crippen LogP) is 4.66. The summed E-state index contributed by atoms with van der Waals surface area (Å²) < 4.78 is 39.0. The Morgan fingerprint density at radius 1 is 0.905 bits per heavy atom. The van der Waals surface area contributed by atoms with Crippen LogP contribution in [0.4, 0.5) is 4.39 Å². The second-order valence-electron chi connectivity index (χ2n) is 11.1. The van der Waals surface area contributed by atoms with Gasteiger partial charge in [0.1, 0.15) is 11.5 Å². The van der Waals surface area contributed by atoms with E-state index in [9.17, 15) is 22.4 Å². The third-order valence-corrected chi connectivity index (χ3v) is 10.6. The number of amides is 1. The molecule has 0 radical (unpaired) electrons. The molecule has 1 amide bonds. The van der Waals surface area contributed by atoms with Gasteiger partial charge in [0.15, 0.2) is 15.6 Å². The van der Waals surface area contributed by atoms with Crippen molar-refractivity contribution >= 4 is 21.5 Å². The Kier molecular flexibility index (Phi) is 9.09. The van der Waals surface area contributed by atoms with Gasteiger partial charge in [-0.2, -0.15) is 5.26 Å². The van der Waals surface area contributed by atoms with Crippen LogP contribution in [0.5, 0.6) is 0 Å². The van der Waals surface area contributed by atoms with E-state index in [0.717, 1.165) is 44.6 Å². The van der Waals surface area contributed by atoms with Gasteiger partial charge >= 0.3 is 0 Å². The van der Waals surface area contributed by atoms with Crippen molar-refractivity contribution in [1.82, 2.24) is 14.8 Å². The Bertz CT molecular complexity index is 1550. The number of sulfone groups is 1. The Balaban J connectivity index is 1.08. The maximum atomic E-state index is 13.2. The molecule has 0 saturated carbocycles. The van der Waals surface area contributed by atoms with E-state index in [2.05, 4.69) is 16.0 Å². The van der Waals surface area contributed by atoms with Crippen LogP contribution in [0.3, 0.4) is 0 Å². The number of nitrogens with zero attached hydrogens (tertiary/aromatic N) is 4. The quantitative estimate of drug-likeness (QED) is 0.278. The van der Waals surface area contributed by atoms with Crippen molar-refractivity contribution in [1.29, 1.82) is 5.26 Å². The molecule has 2 aliphatic rings. The highest BCUT2D eigenvalue weighted by atomic mass is 32.2. The summed E-state index contributed by atoms with van der Waals surface area (Å²) in [4.78, 5) is 34.3. The summed E-state index contributed by atoms with van der Waals surface area (Å²) in [5.41, 5.74) is 2.53. The van der Waals surface area contributed by atoms with E-state index in [1.54, 1.807) is 17.0 Å². The largest absolute Gasteiger partial charge is 0.337 e. The summed E-state index contributed by atoms with van der Waals surface area (Å²) in [5, 5.41) is 8.32. The maximum Gasteiger partial charge on any atom is 0.272 e. The fourth-order valence-electron chi connectivity index (χ4n) is 5.70. The zero-order chi connectivity index (χ0) is 29.7. The summed E-state index contributed by atoms with van der Waals surface area (Å²) >= 11 is 0. The topological polar surface area (TPSA) is 111 Å². The molecule has 0 unspecified atom stereocenters. The van der Waals surface area contributed by atoms with E-state index < -0.39 is 20.9 Å². The third-order valence-electron chi connectivity index (χ3n) is 8.29. The number of likely N-dealkylation sites (tertiary alicyclic amines) is 2. The molecule has 3 heterocycles. The van der Waals surface area contributed by atoms with Crippen LogP contribution >= 0.6 is 0 Å². The van der Waals surface area contributed by atoms with Gasteiger partial charge in [-0.25, -0.2) is 12.8 Å². The zero-order valence-corrected chi connectivity index (χ0v) is 24.1. The van der Waals surface area contributed by atoms with Crippen LogP contribution < -0.4 is 0 Å². The van der Waals surface area contributed by atoms with Gasteiger partial charge in [-0.05, 0) is 98.8 Å². The molecule has 2 aliphatic heterocycles. The number of rotatable bonds is 8. The van der Waals surface area contributed by atoms with Crippen LogP contribution in [-0.2, 0) is 16.4 Å². The Hall–Kier alpha value is -3.94. The van der Waals surface area contributed by atoms with E-state index in [1.165, 1.54) is 23.9 Å². The van der Waals surface area contributed by atoms with Crippen LogP contribution in [-0.4, -0.2) is 66.3 Å². The first-order valence-electron chi connectivity index (χ1n) is 14.2. The molecule has 42 heavy (non-hydrogen) atoms. The first-order chi connectivity index (χ1) is 20.2. The Labute approximate surface area is 245 Å². The van der Waals surface area contributed by atoms with Crippen molar-refractivity contribution in [2.45, 2.75) is 48.8 Å². The van der Waals surface area contributed by atoms with Crippen molar-refractivity contribution in [3.63, 3.8) is 0 Å². The van der Waals surface area contributed by atoms with E-state index >= 15 is 0 Å². The molecule has 0 N–H and O–H groups in total. The molecular formula is C32H33FN4O4S. The van der Waals surface area contributed by atoms with E-state index in [1.807, 2.05) is 24.3 Å². The van der Waals surface area contributed by atoms with E-state index in [-0.39, 0.29) is 48.2 Å². The number of halogens is 1. The van der Waals surface area contributed by atoms with Gasteiger partial charge in [0.25, 0.3) is 5.91 Å². The molecular weight excluding hydrogens is 555 g/mol. The van der Waals surface area contributed by atoms with Crippen molar-refractivity contribution < 1.29 is 22.4 Å². The number of Topliss-reactive ketones (excluding diaryl/α,β-unsaturated/α-hetero) is 1. The van der Waals surface area contributed by atoms with E-state index in [0.29, 0.717) is 23.5 Å². The number of piperidine rings is 2. The predicted molar refractivity (Wildman–Crippen MR) is 155 cm³/mol. The normalized spacial score (nSPS) is 17.1. The van der Waals surface area contributed by atoms with Crippen LogP contribution in [0.1, 0.15) is 64.1 Å². The summed E-state index contributed by atoms with van der Waals surface area (Å²) in [6.45, 7) is 3.19. The fraction of sp³-hybridized carbons (Fsp3) is 0.375. The maximum absolute atomic E-state index is 13.2. The average Bonchev–Trinajstić information content (AvgIpc) is 3.02. The standard InChI is InChI=1S/C32H33FN4O4S/c33-27-6-8-28(9-7-27)42(40,41)29-13-17-37(18-14-29)32(39)30-10-5-26(21-35-30)31(38)19-23-11-15-36(16-12-23)22-25-3-1-24(20-34)2-4-25/h1-10,21,23,29H,11-19,22H2. The Morgan fingerprint density at radius 3 is 2.17 bits per heavy atom. The molecule has 5 rings (SSSR count). The summed E-state index contributed by atoms with van der Waals surface area (Å²) in [6.07, 6.45) is 4.33. The molecule has 2 aromatic carbocycles. The van der Waals surface area contributed by atoms with Crippen molar-refractivity contribution in [2.75, 3.05) is 26.2 Å². The number of aromatic nitrogens is 1. The third kappa shape index (κ3) is 6.92. The minimum atomic E-state index is -3.61. The fourth-order valence-corrected chi connectivity index (χ4v) is 7.44. The number of benzene rings is 2. The summed E-state index contributed by atoms with van der Waals surface area (Å²) in [5.74, 6) is -0.476. The number of carbonyl (C=O) groups excluding carboxylic acids is 2. The first-order valence-corrected chi connectivity index (χ1v) is 15.8. The van der Waals surface area contributed by atoms with Crippen molar-refractivity contribution in [2.24, 2.45) is 5.92 Å². The van der Waals surface area contributed by atoms with Crippen LogP contribution in [0.15, 0.2) is 71.8 Å². The van der Waals surface area contributed by atoms with Crippen molar-refractivity contribution in [3.05, 3.63) is 95.1 Å². The highest BCUT2D eigenvalue weighted by Crippen LogP contribution is 2.26. The number of pyridine rings is 1. The van der Waals surface area contributed by atoms with Gasteiger partial charge in [0, 0.05) is 37.8 Å². The molecule has 2 fully saturated rings. The van der Waals surface area contributed by atoms with Gasteiger partial charge < -0.3 is 4.90 Å². The molecule has 0 spiro atoms. The molecule has 2 saturated heterocycles. The number of hydrogen-bond donors (Lipinski definition) is 0. The first kappa shape index (κ1) is 29.5. The second-order valence-corrected chi connectivity index (χ2v) is 13.3. The molecule has 0 atom stereocenters. The van der Waals surface area contributed by atoms with Crippen molar-refractivity contribution in [3.8, 4) is 6.07 Å². The molecule has 1 aromatic heterocycles. The lowest BCUT2D eigenvalue weighted by atomic mass is 9.90. The van der Waals surface area contributed by atoms with Crippen LogP contribution in [0.2, 0.25) is 0 Å². The molecule has 3 aromatic rings. The highest BCUT2D eigenvalue weighted by Gasteiger charge is 2.33. The zero-order valence-electron chi connectivity index (χ0n) is 23.3. The van der Waals surface area contributed by atoms with Gasteiger partial charge in [0.05, 0.1) is 21.8 Å². The summed E-state index contributed by atoms with van der Waals surface area (Å²) in [7, 11) is -3.61. The van der Waals surface area contributed by atoms with Gasteiger partial charge in [-0.15, -0.1) is 0 Å². The lowest BCUT2D eigenvalue weighted by molar-refractivity contribution is 0.0719. The number of nitriles is 1. The lowest BCUT2D eigenvalue weighted by Gasteiger charge is -2.32. The van der Waals surface area contributed by atoms with Gasteiger partial charge in [0.2, 0.25) is 0 Å². The molecule has 0 aliphatic carbocycles. The average molecular weight is 589 g/mol. The van der Waals surface area contributed by atoms with Crippen LogP contribution in [0, 0.1) is 23.1 Å². The Morgan fingerprint density at radius 2 is 1.57 bits per heavy atom. The smallest absolute Gasteiger partial charge is 0.272 e. The van der Waals surface area contributed by atoms with Gasteiger partial charge in [-0.1, -0.05) is 12.1 Å². The van der Waals surface area contributed by atoms with E-state index in [4.69, 9.17) is 5.26 Å².